The van der Waals surface area contributed by atoms with Crippen LogP contribution in [-0.4, -0.2) is 24.7 Å². The van der Waals surface area contributed by atoms with Gasteiger partial charge in [0.05, 0.1) is 12.0 Å². The van der Waals surface area contributed by atoms with E-state index >= 15 is 0 Å². The van der Waals surface area contributed by atoms with Crippen LogP contribution in [0.15, 0.2) is 30.3 Å². The van der Waals surface area contributed by atoms with Crippen LogP contribution in [0.5, 0.6) is 0 Å². The Morgan fingerprint density at radius 2 is 2.05 bits per heavy atom. The number of amides is 1. The molecule has 3 N–H and O–H groups in total. The van der Waals surface area contributed by atoms with Gasteiger partial charge in [0.1, 0.15) is 0 Å². The van der Waals surface area contributed by atoms with Gasteiger partial charge >= 0.3 is 0 Å². The molecule has 2 aliphatic rings. The monoisotopic (exact) mass is 302 g/mol. The summed E-state index contributed by atoms with van der Waals surface area (Å²) in [5.41, 5.74) is 7.28. The van der Waals surface area contributed by atoms with Gasteiger partial charge in [0, 0.05) is 24.6 Å². The summed E-state index contributed by atoms with van der Waals surface area (Å²) in [6.45, 7) is 2.75. The Kier molecular flexibility index (Phi) is 4.79. The van der Waals surface area contributed by atoms with Crippen LogP contribution in [0, 0.1) is 11.8 Å². The van der Waals surface area contributed by atoms with E-state index in [2.05, 4.69) is 5.32 Å². The second kappa shape index (κ2) is 6.80. The van der Waals surface area contributed by atoms with E-state index in [1.807, 2.05) is 37.3 Å². The highest BCUT2D eigenvalue weighted by molar-refractivity contribution is 5.79. The normalized spacial score (nSPS) is 30.4. The zero-order valence-corrected chi connectivity index (χ0v) is 13.2. The first kappa shape index (κ1) is 15.5. The fraction of sp³-hybridized carbons (Fsp3) is 0.611. The van der Waals surface area contributed by atoms with Crippen LogP contribution >= 0.6 is 0 Å². The topological polar surface area (TPSA) is 64.3 Å². The van der Waals surface area contributed by atoms with E-state index in [0.29, 0.717) is 12.0 Å². The maximum atomic E-state index is 12.6. The van der Waals surface area contributed by atoms with Crippen LogP contribution in [-0.2, 0) is 9.53 Å². The van der Waals surface area contributed by atoms with E-state index < -0.39 is 0 Å². The highest BCUT2D eigenvalue weighted by Crippen LogP contribution is 2.34. The summed E-state index contributed by atoms with van der Waals surface area (Å²) < 4.78 is 5.77. The molecule has 0 bridgehead atoms. The second-order valence-electron chi connectivity index (χ2n) is 6.63. The van der Waals surface area contributed by atoms with Crippen molar-refractivity contribution in [2.45, 2.75) is 50.8 Å². The molecule has 0 spiro atoms. The predicted molar refractivity (Wildman–Crippen MR) is 86.2 cm³/mol. The molecule has 0 radical (unpaired) electrons. The van der Waals surface area contributed by atoms with Crippen molar-refractivity contribution in [3.8, 4) is 0 Å². The number of fused-ring (bicyclic) bond motifs is 1. The molecule has 120 valence electrons. The van der Waals surface area contributed by atoms with Crippen LogP contribution in [0.1, 0.15) is 44.2 Å². The number of carbonyl (C=O) groups excluding carboxylic acids is 1. The maximum Gasteiger partial charge on any atom is 0.224 e. The first-order valence-electron chi connectivity index (χ1n) is 8.39. The Morgan fingerprint density at radius 1 is 1.27 bits per heavy atom. The molecular formula is C18H26N2O2. The molecule has 1 aromatic rings. The van der Waals surface area contributed by atoms with Crippen LogP contribution < -0.4 is 11.1 Å². The quantitative estimate of drug-likeness (QED) is 0.897. The fourth-order valence-electron chi connectivity index (χ4n) is 3.80. The van der Waals surface area contributed by atoms with E-state index in [1.54, 1.807) is 0 Å². The molecule has 1 saturated heterocycles. The summed E-state index contributed by atoms with van der Waals surface area (Å²) in [6.07, 6.45) is 4.73. The minimum Gasteiger partial charge on any atom is -0.378 e. The number of benzene rings is 1. The lowest BCUT2D eigenvalue weighted by Crippen LogP contribution is -2.48. The molecular weight excluding hydrogens is 276 g/mol. The minimum absolute atomic E-state index is 0.0638. The molecule has 0 aromatic heterocycles. The molecule has 5 unspecified atom stereocenters. The zero-order chi connectivity index (χ0) is 15.5. The van der Waals surface area contributed by atoms with Crippen molar-refractivity contribution in [1.82, 2.24) is 5.32 Å². The summed E-state index contributed by atoms with van der Waals surface area (Å²) in [5, 5.41) is 3.24. The lowest BCUT2D eigenvalue weighted by molar-refractivity contribution is -0.126. The largest absolute Gasteiger partial charge is 0.378 e. The average molecular weight is 302 g/mol. The third-order valence-corrected chi connectivity index (χ3v) is 5.25. The Morgan fingerprint density at radius 3 is 2.82 bits per heavy atom. The smallest absolute Gasteiger partial charge is 0.224 e. The molecule has 5 atom stereocenters. The molecule has 22 heavy (non-hydrogen) atoms. The number of nitrogens with one attached hydrogen (secondary N) is 1. The minimum atomic E-state index is -0.264. The van der Waals surface area contributed by atoms with Gasteiger partial charge in [-0.1, -0.05) is 37.3 Å². The fourth-order valence-corrected chi connectivity index (χ4v) is 3.80. The van der Waals surface area contributed by atoms with Gasteiger partial charge in [-0.2, -0.15) is 0 Å². The van der Waals surface area contributed by atoms with Crippen molar-refractivity contribution in [2.75, 3.05) is 6.61 Å². The van der Waals surface area contributed by atoms with Gasteiger partial charge in [-0.25, -0.2) is 0 Å². The predicted octanol–water partition coefficient (Wildman–Crippen LogP) is 2.40. The zero-order valence-electron chi connectivity index (χ0n) is 13.2. The summed E-state index contributed by atoms with van der Waals surface area (Å²) in [4.78, 5) is 12.6. The maximum absolute atomic E-state index is 12.6. The second-order valence-corrected chi connectivity index (χ2v) is 6.63. The van der Waals surface area contributed by atoms with Crippen molar-refractivity contribution < 1.29 is 9.53 Å². The van der Waals surface area contributed by atoms with E-state index in [4.69, 9.17) is 10.5 Å². The molecule has 4 heteroatoms. The summed E-state index contributed by atoms with van der Waals surface area (Å²) in [5.74, 6) is 0.317. The van der Waals surface area contributed by atoms with E-state index in [9.17, 15) is 4.79 Å². The Bertz CT molecular complexity index is 505. The van der Waals surface area contributed by atoms with Crippen LogP contribution in [0.2, 0.25) is 0 Å². The number of ether oxygens (including phenoxy) is 1. The number of hydrogen-bond donors (Lipinski definition) is 2. The van der Waals surface area contributed by atoms with Gasteiger partial charge in [-0.15, -0.1) is 0 Å². The molecule has 1 aliphatic carbocycles. The lowest BCUT2D eigenvalue weighted by Gasteiger charge is -2.34. The van der Waals surface area contributed by atoms with Crippen molar-refractivity contribution in [2.24, 2.45) is 17.6 Å². The van der Waals surface area contributed by atoms with Gasteiger partial charge in [-0.05, 0) is 31.2 Å². The molecule has 3 rings (SSSR count). The number of rotatable bonds is 4. The molecule has 1 aromatic carbocycles. The van der Waals surface area contributed by atoms with Gasteiger partial charge in [0.15, 0.2) is 0 Å². The first-order chi connectivity index (χ1) is 10.7. The van der Waals surface area contributed by atoms with Gasteiger partial charge in [0.25, 0.3) is 0 Å². The highest BCUT2D eigenvalue weighted by Gasteiger charge is 2.39. The standard InChI is InChI=1S/C18H26N2O2/c1-12(17(19)13-6-3-2-4-7-13)18(21)20-15-8-5-9-16-14(15)10-11-22-16/h2-4,6-7,12,14-17H,5,8-11,19H2,1H3,(H,20,21). The van der Waals surface area contributed by atoms with Crippen molar-refractivity contribution in [1.29, 1.82) is 0 Å². The van der Waals surface area contributed by atoms with E-state index in [1.165, 1.54) is 0 Å². The highest BCUT2D eigenvalue weighted by atomic mass is 16.5. The van der Waals surface area contributed by atoms with Gasteiger partial charge in [0.2, 0.25) is 5.91 Å². The lowest BCUT2D eigenvalue weighted by atomic mass is 9.81. The number of hydrogen-bond acceptors (Lipinski definition) is 3. The summed E-state index contributed by atoms with van der Waals surface area (Å²) in [7, 11) is 0. The molecule has 1 aliphatic heterocycles. The molecule has 1 heterocycles. The first-order valence-corrected chi connectivity index (χ1v) is 8.39. The number of carbonyl (C=O) groups is 1. The Balaban J connectivity index is 1.61. The molecule has 1 amide bonds. The molecule has 1 saturated carbocycles. The van der Waals surface area contributed by atoms with E-state index in [0.717, 1.165) is 37.9 Å². The van der Waals surface area contributed by atoms with Gasteiger partial charge < -0.3 is 15.8 Å². The van der Waals surface area contributed by atoms with Crippen LogP contribution in [0.25, 0.3) is 0 Å². The van der Waals surface area contributed by atoms with Crippen molar-refractivity contribution in [3.05, 3.63) is 35.9 Å². The summed E-state index contributed by atoms with van der Waals surface area (Å²) in [6, 6.07) is 9.83. The van der Waals surface area contributed by atoms with E-state index in [-0.39, 0.29) is 23.9 Å². The van der Waals surface area contributed by atoms with Crippen LogP contribution in [0.3, 0.4) is 0 Å². The molecule has 4 nitrogen and oxygen atoms in total. The van der Waals surface area contributed by atoms with Crippen LogP contribution in [0.4, 0.5) is 0 Å². The average Bonchev–Trinajstić information content (AvgIpc) is 3.04. The van der Waals surface area contributed by atoms with Crippen molar-refractivity contribution >= 4 is 5.91 Å². The number of nitrogens with two attached hydrogens (primary N) is 1. The third kappa shape index (κ3) is 3.18. The van der Waals surface area contributed by atoms with Crippen molar-refractivity contribution in [3.63, 3.8) is 0 Å². The third-order valence-electron chi connectivity index (χ3n) is 5.25. The Hall–Kier alpha value is -1.39. The molecule has 2 fully saturated rings. The van der Waals surface area contributed by atoms with Gasteiger partial charge in [-0.3, -0.25) is 4.79 Å². The SMILES string of the molecule is CC(C(=O)NC1CCCC2OCCC12)C(N)c1ccccc1. The Labute approximate surface area is 132 Å². The summed E-state index contributed by atoms with van der Waals surface area (Å²) >= 11 is 0.